The molecule has 0 bridgehead atoms. The molecular weight excluding hydrogens is 534 g/mol. The van der Waals surface area contributed by atoms with Crippen molar-refractivity contribution in [3.8, 4) is 5.75 Å². The van der Waals surface area contributed by atoms with E-state index in [1.54, 1.807) is 30.3 Å². The third kappa shape index (κ3) is 4.29. The fourth-order valence-corrected chi connectivity index (χ4v) is 13.2. The van der Waals surface area contributed by atoms with Gasteiger partial charge in [-0.25, -0.2) is 0 Å². The zero-order valence-electron chi connectivity index (χ0n) is 22.0. The first-order valence-corrected chi connectivity index (χ1v) is 16.7. The van der Waals surface area contributed by atoms with Gasteiger partial charge in [0.15, 0.2) is 14.3 Å². The second-order valence-electron chi connectivity index (χ2n) is 10.0. The second kappa shape index (κ2) is 10.5. The monoisotopic (exact) mass is 562 g/mol. The van der Waals surface area contributed by atoms with Gasteiger partial charge in [-0.05, 0) is 18.6 Å². The Morgan fingerprint density at radius 2 is 0.900 bits per heavy atom. The Morgan fingerprint density at radius 1 is 0.525 bits per heavy atom. The van der Waals surface area contributed by atoms with Crippen LogP contribution < -0.4 is 26.0 Å². The number of carbonyl (C=O) groups excluding carboxylic acids is 1. The molecule has 1 heterocycles. The Kier molecular flexibility index (Phi) is 6.92. The number of rotatable bonds is 6. The molecule has 0 saturated carbocycles. The van der Waals surface area contributed by atoms with Gasteiger partial charge in [-0.3, -0.25) is 4.79 Å². The molecule has 6 heteroatoms. The Hall–Kier alpha value is -3.97. The molecule has 1 aliphatic rings. The van der Waals surface area contributed by atoms with Gasteiger partial charge in [-0.15, -0.1) is 0 Å². The van der Waals surface area contributed by atoms with E-state index < -0.39 is 31.6 Å². The molecule has 0 unspecified atom stereocenters. The summed E-state index contributed by atoms with van der Waals surface area (Å²) < 4.78 is 37.7. The van der Waals surface area contributed by atoms with Crippen LogP contribution in [0.15, 0.2) is 140 Å². The molecule has 6 rings (SSSR count). The third-order valence-corrected chi connectivity index (χ3v) is 14.7. The smallest absolute Gasteiger partial charge is 0.323 e. The molecule has 0 aliphatic carbocycles. The average molecular weight is 563 g/mol. The number of fused-ring (bicyclic) bond motifs is 1. The Labute approximate surface area is 234 Å². The summed E-state index contributed by atoms with van der Waals surface area (Å²) in [6, 6.07) is 42.3. The Bertz CT molecular complexity index is 1670. The van der Waals surface area contributed by atoms with E-state index in [0.29, 0.717) is 32.5 Å². The van der Waals surface area contributed by atoms with Crippen LogP contribution in [0, 0.1) is 6.92 Å². The van der Waals surface area contributed by atoms with E-state index in [-0.39, 0.29) is 0 Å². The van der Waals surface area contributed by atoms with Crippen LogP contribution in [0.5, 0.6) is 5.75 Å². The molecular formula is C34H28O4P2. The summed E-state index contributed by atoms with van der Waals surface area (Å²) in [5.74, 6) is -0.266. The summed E-state index contributed by atoms with van der Waals surface area (Å²) in [7, 11) is -7.41. The standard InChI is InChI=1S/C34H28O4P2/c1-25-22-23-30-31(24-25)38-34(35)33(40(37,28-18-10-4-11-19-28)29-20-12-5-13-21-29)32(30)39(36,26-14-6-2-7-15-26)27-16-8-3-9-17-27/h2-24,32-33H,1H3/t32-,33+/m0/s1. The molecule has 0 N–H and O–H groups in total. The fraction of sp³-hybridized carbons (Fsp3) is 0.0882. The summed E-state index contributed by atoms with van der Waals surface area (Å²) in [4.78, 5) is 14.3. The molecule has 198 valence electrons. The SMILES string of the molecule is Cc1ccc2c(c1)OC(=O)[C@H](P(=O)(c1ccccc1)c1ccccc1)[C@H]2P(=O)(c1ccccc1)c1ccccc1. The van der Waals surface area contributed by atoms with Gasteiger partial charge in [0, 0.05) is 26.8 Å². The van der Waals surface area contributed by atoms with E-state index in [4.69, 9.17) is 4.74 Å². The molecule has 0 saturated heterocycles. The number of aryl methyl sites for hydroxylation is 1. The largest absolute Gasteiger partial charge is 0.426 e. The summed E-state index contributed by atoms with van der Waals surface area (Å²) in [6.07, 6.45) is 0. The third-order valence-electron chi connectivity index (χ3n) is 7.58. The molecule has 2 atom stereocenters. The first-order valence-electron chi connectivity index (χ1n) is 13.2. The molecule has 40 heavy (non-hydrogen) atoms. The minimum absolute atomic E-state index is 0.367. The van der Waals surface area contributed by atoms with Crippen molar-refractivity contribution in [1.82, 2.24) is 0 Å². The summed E-state index contributed by atoms with van der Waals surface area (Å²) in [6.45, 7) is 1.92. The van der Waals surface area contributed by atoms with Gasteiger partial charge in [-0.2, -0.15) is 0 Å². The topological polar surface area (TPSA) is 60.4 Å². The predicted octanol–water partition coefficient (Wildman–Crippen LogP) is 6.35. The van der Waals surface area contributed by atoms with Gasteiger partial charge in [0.1, 0.15) is 11.4 Å². The molecule has 5 aromatic rings. The predicted molar refractivity (Wildman–Crippen MR) is 163 cm³/mol. The Balaban J connectivity index is 1.73. The van der Waals surface area contributed by atoms with Crippen molar-refractivity contribution in [3.63, 3.8) is 0 Å². The van der Waals surface area contributed by atoms with Gasteiger partial charge in [0.25, 0.3) is 0 Å². The first kappa shape index (κ1) is 26.3. The minimum Gasteiger partial charge on any atom is -0.426 e. The van der Waals surface area contributed by atoms with Crippen molar-refractivity contribution in [3.05, 3.63) is 151 Å². The maximum atomic E-state index is 16.0. The van der Waals surface area contributed by atoms with Crippen LogP contribution in [0.2, 0.25) is 0 Å². The van der Waals surface area contributed by atoms with Gasteiger partial charge >= 0.3 is 5.97 Å². The molecule has 0 amide bonds. The van der Waals surface area contributed by atoms with Crippen LogP contribution in [-0.2, 0) is 13.9 Å². The number of esters is 1. The van der Waals surface area contributed by atoms with Crippen molar-refractivity contribution in [1.29, 1.82) is 0 Å². The highest BCUT2D eigenvalue weighted by atomic mass is 31.2. The van der Waals surface area contributed by atoms with E-state index in [9.17, 15) is 4.79 Å². The number of carbonyl (C=O) groups is 1. The second-order valence-corrected chi connectivity index (χ2v) is 15.8. The molecule has 5 aromatic carbocycles. The molecule has 0 aromatic heterocycles. The van der Waals surface area contributed by atoms with Crippen molar-refractivity contribution in [2.24, 2.45) is 0 Å². The van der Waals surface area contributed by atoms with E-state index in [1.807, 2.05) is 116 Å². The summed E-state index contributed by atoms with van der Waals surface area (Å²) in [5.41, 5.74) is -0.621. The van der Waals surface area contributed by atoms with Gasteiger partial charge in [-0.1, -0.05) is 133 Å². The lowest BCUT2D eigenvalue weighted by molar-refractivity contribution is -0.134. The van der Waals surface area contributed by atoms with Crippen molar-refractivity contribution in [2.75, 3.05) is 0 Å². The van der Waals surface area contributed by atoms with Crippen molar-refractivity contribution >= 4 is 41.5 Å². The first-order chi connectivity index (χ1) is 19.4. The molecule has 0 fully saturated rings. The van der Waals surface area contributed by atoms with Crippen molar-refractivity contribution in [2.45, 2.75) is 18.2 Å². The molecule has 0 radical (unpaired) electrons. The lowest BCUT2D eigenvalue weighted by atomic mass is 10.0. The minimum atomic E-state index is -3.76. The Morgan fingerprint density at radius 3 is 1.30 bits per heavy atom. The maximum Gasteiger partial charge on any atom is 0.323 e. The van der Waals surface area contributed by atoms with Crippen LogP contribution in [-0.4, -0.2) is 11.6 Å². The molecule has 0 spiro atoms. The molecule has 1 aliphatic heterocycles. The highest BCUT2D eigenvalue weighted by Crippen LogP contribution is 2.69. The molecule has 4 nitrogen and oxygen atoms in total. The number of hydrogen-bond acceptors (Lipinski definition) is 4. The lowest BCUT2D eigenvalue weighted by Gasteiger charge is -2.41. The fourth-order valence-electron chi connectivity index (χ4n) is 5.72. The van der Waals surface area contributed by atoms with Crippen molar-refractivity contribution < 1.29 is 18.7 Å². The van der Waals surface area contributed by atoms with Gasteiger partial charge in [0.05, 0.1) is 5.66 Å². The van der Waals surface area contributed by atoms with Gasteiger partial charge < -0.3 is 13.9 Å². The van der Waals surface area contributed by atoms with E-state index >= 15 is 9.13 Å². The highest BCUT2D eigenvalue weighted by Gasteiger charge is 2.57. The van der Waals surface area contributed by atoms with Crippen LogP contribution in [0.25, 0.3) is 0 Å². The highest BCUT2D eigenvalue weighted by molar-refractivity contribution is 7.83. The normalized spacial score (nSPS) is 17.1. The zero-order valence-corrected chi connectivity index (χ0v) is 23.8. The van der Waals surface area contributed by atoms with Crippen LogP contribution in [0.3, 0.4) is 0 Å². The zero-order chi connectivity index (χ0) is 27.7. The number of ether oxygens (including phenoxy) is 1. The average Bonchev–Trinajstić information content (AvgIpc) is 3.01. The number of hydrogen-bond donors (Lipinski definition) is 0. The summed E-state index contributed by atoms with van der Waals surface area (Å²) >= 11 is 0. The van der Waals surface area contributed by atoms with Gasteiger partial charge in [0.2, 0.25) is 0 Å². The van der Waals surface area contributed by atoms with E-state index in [1.165, 1.54) is 0 Å². The van der Waals surface area contributed by atoms with E-state index in [2.05, 4.69) is 0 Å². The number of benzene rings is 5. The van der Waals surface area contributed by atoms with Crippen LogP contribution in [0.1, 0.15) is 16.8 Å². The van der Waals surface area contributed by atoms with Crippen LogP contribution in [0.4, 0.5) is 0 Å². The van der Waals surface area contributed by atoms with E-state index in [0.717, 1.165) is 5.56 Å². The summed E-state index contributed by atoms with van der Waals surface area (Å²) in [5, 5.41) is 2.25. The maximum absolute atomic E-state index is 16.0. The lowest BCUT2D eigenvalue weighted by Crippen LogP contribution is -2.43. The van der Waals surface area contributed by atoms with Crippen LogP contribution >= 0.6 is 14.3 Å². The quantitative estimate of drug-likeness (QED) is 0.137.